The van der Waals surface area contributed by atoms with Gasteiger partial charge in [-0.25, -0.2) is 9.37 Å². The average molecular weight is 409 g/mol. The number of nitrogens with zero attached hydrogens (tertiary/aromatic N) is 5. The fraction of sp³-hybridized carbons (Fsp3) is 0.364. The maximum absolute atomic E-state index is 13.9. The predicted molar refractivity (Wildman–Crippen MR) is 111 cm³/mol. The Hall–Kier alpha value is -3.29. The van der Waals surface area contributed by atoms with Crippen molar-refractivity contribution in [3.8, 4) is 11.3 Å². The molecule has 4 rings (SSSR count). The van der Waals surface area contributed by atoms with Crippen LogP contribution in [0.4, 0.5) is 4.39 Å². The summed E-state index contributed by atoms with van der Waals surface area (Å²) in [5.74, 6) is -0.788. The number of likely N-dealkylation sites (N-methyl/N-ethyl adjacent to an activating group) is 1. The van der Waals surface area contributed by atoms with Gasteiger partial charge < -0.3 is 9.80 Å². The van der Waals surface area contributed by atoms with Crippen LogP contribution >= 0.6 is 0 Å². The van der Waals surface area contributed by atoms with Gasteiger partial charge in [-0.2, -0.15) is 5.10 Å². The summed E-state index contributed by atoms with van der Waals surface area (Å²) in [5.41, 5.74) is 2.07. The highest BCUT2D eigenvalue weighted by molar-refractivity contribution is 6.08. The van der Waals surface area contributed by atoms with E-state index in [1.807, 2.05) is 20.0 Å². The Morgan fingerprint density at radius 1 is 1.23 bits per heavy atom. The number of fused-ring (bicyclic) bond motifs is 1. The van der Waals surface area contributed by atoms with Crippen molar-refractivity contribution in [1.82, 2.24) is 24.6 Å². The van der Waals surface area contributed by atoms with Crippen molar-refractivity contribution >= 4 is 22.7 Å². The van der Waals surface area contributed by atoms with Gasteiger partial charge in [0.1, 0.15) is 11.9 Å². The number of pyridine rings is 1. The number of carbonyl (C=O) groups excluding carboxylic acids is 2. The molecule has 0 saturated carbocycles. The quantitative estimate of drug-likeness (QED) is 0.666. The lowest BCUT2D eigenvalue weighted by Gasteiger charge is -2.37. The molecule has 1 aromatic carbocycles. The van der Waals surface area contributed by atoms with Crippen molar-refractivity contribution in [2.75, 3.05) is 20.1 Å². The van der Waals surface area contributed by atoms with Crippen LogP contribution in [0.15, 0.2) is 36.7 Å². The van der Waals surface area contributed by atoms with Gasteiger partial charge in [-0.15, -0.1) is 0 Å². The monoisotopic (exact) mass is 409 g/mol. The molecule has 1 atom stereocenters. The summed E-state index contributed by atoms with van der Waals surface area (Å²) in [6.07, 6.45) is 3.54. The van der Waals surface area contributed by atoms with E-state index in [9.17, 15) is 14.0 Å². The zero-order chi connectivity index (χ0) is 21.6. The van der Waals surface area contributed by atoms with Gasteiger partial charge in [-0.3, -0.25) is 14.3 Å². The molecule has 2 amide bonds. The van der Waals surface area contributed by atoms with Gasteiger partial charge in [0.2, 0.25) is 5.91 Å². The number of halogens is 1. The van der Waals surface area contributed by atoms with Crippen molar-refractivity contribution in [2.24, 2.45) is 0 Å². The number of hydrogen-bond donors (Lipinski definition) is 0. The van der Waals surface area contributed by atoms with Gasteiger partial charge in [0, 0.05) is 49.4 Å². The predicted octanol–water partition coefficient (Wildman–Crippen LogP) is 3.12. The maximum atomic E-state index is 13.9. The second-order valence-corrected chi connectivity index (χ2v) is 7.95. The molecule has 0 spiro atoms. The number of benzene rings is 1. The van der Waals surface area contributed by atoms with Crippen molar-refractivity contribution in [2.45, 2.75) is 32.9 Å². The van der Waals surface area contributed by atoms with E-state index in [-0.39, 0.29) is 17.9 Å². The van der Waals surface area contributed by atoms with Gasteiger partial charge in [-0.1, -0.05) is 0 Å². The van der Waals surface area contributed by atoms with Crippen LogP contribution in [0.3, 0.4) is 0 Å². The molecule has 0 radical (unpaired) electrons. The Kier molecular flexibility index (Phi) is 5.01. The number of rotatable bonds is 3. The SMILES string of the molecule is CC(C)n1cc(-c2cc(C(=O)N3CCN(C)C(=O)[C@@H]3C)c3ccc(F)cc3n2)cn1. The van der Waals surface area contributed by atoms with Gasteiger partial charge in [0.25, 0.3) is 5.91 Å². The second kappa shape index (κ2) is 7.51. The number of hydrogen-bond acceptors (Lipinski definition) is 4. The van der Waals surface area contributed by atoms with E-state index in [1.165, 1.54) is 12.1 Å². The third-order valence-corrected chi connectivity index (χ3v) is 5.57. The molecule has 1 aliphatic rings. The fourth-order valence-electron chi connectivity index (χ4n) is 3.73. The highest BCUT2D eigenvalue weighted by Crippen LogP contribution is 2.28. The minimum atomic E-state index is -0.563. The van der Waals surface area contributed by atoms with Crippen LogP contribution in [0.1, 0.15) is 37.2 Å². The average Bonchev–Trinajstić information content (AvgIpc) is 3.21. The maximum Gasteiger partial charge on any atom is 0.255 e. The van der Waals surface area contributed by atoms with E-state index < -0.39 is 11.9 Å². The van der Waals surface area contributed by atoms with Gasteiger partial charge in [-0.05, 0) is 39.0 Å². The molecule has 0 N–H and O–H groups in total. The summed E-state index contributed by atoms with van der Waals surface area (Å²) in [6, 6.07) is 5.52. The molecule has 30 heavy (non-hydrogen) atoms. The number of piperazine rings is 1. The first-order valence-corrected chi connectivity index (χ1v) is 9.97. The first-order valence-electron chi connectivity index (χ1n) is 9.97. The van der Waals surface area contributed by atoms with Crippen LogP contribution in [0, 0.1) is 5.82 Å². The van der Waals surface area contributed by atoms with Crippen molar-refractivity contribution in [3.63, 3.8) is 0 Å². The lowest BCUT2D eigenvalue weighted by atomic mass is 10.0. The number of aromatic nitrogens is 3. The Balaban J connectivity index is 1.83. The first-order chi connectivity index (χ1) is 14.3. The van der Waals surface area contributed by atoms with Crippen LogP contribution in [-0.2, 0) is 4.79 Å². The molecule has 1 saturated heterocycles. The normalized spacial score (nSPS) is 17.3. The number of amides is 2. The molecule has 3 heterocycles. The van der Waals surface area contributed by atoms with E-state index in [0.29, 0.717) is 35.2 Å². The lowest BCUT2D eigenvalue weighted by molar-refractivity contribution is -0.137. The second-order valence-electron chi connectivity index (χ2n) is 7.95. The zero-order valence-corrected chi connectivity index (χ0v) is 17.5. The van der Waals surface area contributed by atoms with Crippen LogP contribution in [0.5, 0.6) is 0 Å². The smallest absolute Gasteiger partial charge is 0.255 e. The molecule has 3 aromatic rings. The Morgan fingerprint density at radius 3 is 2.70 bits per heavy atom. The van der Waals surface area contributed by atoms with E-state index in [0.717, 1.165) is 5.56 Å². The van der Waals surface area contributed by atoms with Gasteiger partial charge in [0.15, 0.2) is 0 Å². The third-order valence-electron chi connectivity index (χ3n) is 5.57. The van der Waals surface area contributed by atoms with Gasteiger partial charge >= 0.3 is 0 Å². The van der Waals surface area contributed by atoms with Crippen LogP contribution in [0.2, 0.25) is 0 Å². The van der Waals surface area contributed by atoms with Crippen molar-refractivity contribution in [3.05, 3.63) is 48.0 Å². The Bertz CT molecular complexity index is 1140. The molecular weight excluding hydrogens is 385 g/mol. The molecular formula is C22H24FN5O2. The van der Waals surface area contributed by atoms with Crippen LogP contribution in [-0.4, -0.2) is 62.6 Å². The topological polar surface area (TPSA) is 71.3 Å². The van der Waals surface area contributed by atoms with E-state index in [4.69, 9.17) is 0 Å². The van der Waals surface area contributed by atoms with Crippen LogP contribution < -0.4 is 0 Å². The van der Waals surface area contributed by atoms with Gasteiger partial charge in [0.05, 0.1) is 23.0 Å². The van der Waals surface area contributed by atoms with E-state index >= 15 is 0 Å². The van der Waals surface area contributed by atoms with Crippen molar-refractivity contribution < 1.29 is 14.0 Å². The molecule has 0 aliphatic carbocycles. The molecule has 7 nitrogen and oxygen atoms in total. The van der Waals surface area contributed by atoms with Crippen molar-refractivity contribution in [1.29, 1.82) is 0 Å². The third kappa shape index (κ3) is 3.42. The molecule has 1 fully saturated rings. The highest BCUT2D eigenvalue weighted by atomic mass is 19.1. The molecule has 0 bridgehead atoms. The molecule has 2 aromatic heterocycles. The zero-order valence-electron chi connectivity index (χ0n) is 17.5. The van der Waals surface area contributed by atoms with Crippen LogP contribution in [0.25, 0.3) is 22.2 Å². The Labute approximate surface area is 174 Å². The number of carbonyl (C=O) groups is 2. The largest absolute Gasteiger partial charge is 0.342 e. The Morgan fingerprint density at radius 2 is 2.00 bits per heavy atom. The fourth-order valence-corrected chi connectivity index (χ4v) is 3.73. The minimum absolute atomic E-state index is 0.0996. The summed E-state index contributed by atoms with van der Waals surface area (Å²) >= 11 is 0. The standard InChI is InChI=1S/C22H24FN5O2/c1-13(2)28-12-15(11-24-28)19-10-18(17-6-5-16(23)9-20(17)25-19)22(30)27-8-7-26(4)21(29)14(27)3/h5-6,9-14H,7-8H2,1-4H3/t14-/m0/s1. The first kappa shape index (κ1) is 20.0. The lowest BCUT2D eigenvalue weighted by Crippen LogP contribution is -2.56. The highest BCUT2D eigenvalue weighted by Gasteiger charge is 2.33. The summed E-state index contributed by atoms with van der Waals surface area (Å²) in [5, 5.41) is 4.90. The van der Waals surface area contributed by atoms with E-state index in [1.54, 1.807) is 46.8 Å². The molecule has 156 valence electrons. The van der Waals surface area contributed by atoms with E-state index in [2.05, 4.69) is 10.1 Å². The molecule has 1 aliphatic heterocycles. The molecule has 0 unspecified atom stereocenters. The summed E-state index contributed by atoms with van der Waals surface area (Å²) in [6.45, 7) is 6.67. The molecule has 8 heteroatoms. The summed E-state index contributed by atoms with van der Waals surface area (Å²) < 4.78 is 15.7. The minimum Gasteiger partial charge on any atom is -0.342 e. The summed E-state index contributed by atoms with van der Waals surface area (Å²) in [4.78, 5) is 33.6. The summed E-state index contributed by atoms with van der Waals surface area (Å²) in [7, 11) is 1.73.